The predicted molar refractivity (Wildman–Crippen MR) is 98.6 cm³/mol. The number of alkyl halides is 1. The molecule has 3 rings (SSSR count). The molecule has 1 aliphatic heterocycles. The molecule has 2 aromatic rings. The topological polar surface area (TPSA) is 102 Å². The summed E-state index contributed by atoms with van der Waals surface area (Å²) in [5, 5.41) is 8.50. The number of carbonyl (C=O) groups is 1. The van der Waals surface area contributed by atoms with Crippen LogP contribution in [0, 0.1) is 0 Å². The molecule has 0 atom stereocenters. The van der Waals surface area contributed by atoms with Crippen molar-refractivity contribution in [3.8, 4) is 0 Å². The number of nitrogens with zero attached hydrogens (tertiary/aromatic N) is 5. The number of likely N-dealkylation sites (tertiary alicyclic amines) is 1. The zero-order valence-electron chi connectivity index (χ0n) is 15.7. The third-order valence-corrected chi connectivity index (χ3v) is 4.70. The van der Waals surface area contributed by atoms with Gasteiger partial charge in [0.05, 0.1) is 23.5 Å². The van der Waals surface area contributed by atoms with Gasteiger partial charge in [0.2, 0.25) is 0 Å². The third-order valence-electron chi connectivity index (χ3n) is 4.70. The van der Waals surface area contributed by atoms with Crippen molar-refractivity contribution in [2.45, 2.75) is 44.8 Å². The van der Waals surface area contributed by atoms with Gasteiger partial charge in [0.1, 0.15) is 5.67 Å². The molecule has 1 amide bonds. The van der Waals surface area contributed by atoms with Crippen LogP contribution >= 0.6 is 0 Å². The van der Waals surface area contributed by atoms with Gasteiger partial charge in [-0.1, -0.05) is 5.21 Å². The molecule has 0 radical (unpaired) electrons. The normalized spacial score (nSPS) is 16.4. The predicted octanol–water partition coefficient (Wildman–Crippen LogP) is 1.25. The van der Waals surface area contributed by atoms with Crippen molar-refractivity contribution in [3.05, 3.63) is 41.5 Å². The van der Waals surface area contributed by atoms with Crippen LogP contribution in [0.1, 0.15) is 54.4 Å². The van der Waals surface area contributed by atoms with E-state index in [0.717, 1.165) is 37.3 Å². The maximum atomic E-state index is 13.8. The Balaban J connectivity index is 1.55. The second-order valence-corrected chi connectivity index (χ2v) is 7.62. The first-order valence-electron chi connectivity index (χ1n) is 9.11. The highest BCUT2D eigenvalue weighted by molar-refractivity contribution is 5.93. The summed E-state index contributed by atoms with van der Waals surface area (Å²) in [5.74, 6) is 5.08. The number of pyridine rings is 1. The van der Waals surface area contributed by atoms with E-state index in [1.807, 2.05) is 6.20 Å². The van der Waals surface area contributed by atoms with Crippen LogP contribution in [0.4, 0.5) is 4.39 Å². The molecule has 3 heterocycles. The summed E-state index contributed by atoms with van der Waals surface area (Å²) < 4.78 is 15.5. The highest BCUT2D eigenvalue weighted by Crippen LogP contribution is 2.27. The van der Waals surface area contributed by atoms with Gasteiger partial charge in [-0.2, -0.15) is 0 Å². The van der Waals surface area contributed by atoms with Crippen LogP contribution in [0.3, 0.4) is 0 Å². The number of piperidine rings is 1. The zero-order chi connectivity index (χ0) is 19.4. The molecule has 0 bridgehead atoms. The van der Waals surface area contributed by atoms with Crippen molar-refractivity contribution in [2.24, 2.45) is 5.84 Å². The van der Waals surface area contributed by atoms with Gasteiger partial charge in [0, 0.05) is 24.9 Å². The van der Waals surface area contributed by atoms with Gasteiger partial charge >= 0.3 is 0 Å². The molecule has 3 N–H and O–H groups in total. The van der Waals surface area contributed by atoms with Crippen molar-refractivity contribution in [1.29, 1.82) is 0 Å². The molecule has 1 fully saturated rings. The summed E-state index contributed by atoms with van der Waals surface area (Å²) in [6, 6.07) is 3.44. The number of hydrogen-bond donors (Lipinski definition) is 2. The van der Waals surface area contributed by atoms with Crippen LogP contribution in [-0.4, -0.2) is 56.1 Å². The summed E-state index contributed by atoms with van der Waals surface area (Å²) in [4.78, 5) is 17.9. The first-order chi connectivity index (χ1) is 12.8. The van der Waals surface area contributed by atoms with Gasteiger partial charge in [-0.15, -0.1) is 5.10 Å². The molecule has 1 saturated heterocycles. The van der Waals surface area contributed by atoms with E-state index in [0.29, 0.717) is 24.6 Å². The minimum absolute atomic E-state index is 0.348. The molecule has 27 heavy (non-hydrogen) atoms. The minimum atomic E-state index is -1.16. The molecule has 8 nitrogen and oxygen atoms in total. The maximum absolute atomic E-state index is 13.8. The van der Waals surface area contributed by atoms with E-state index < -0.39 is 5.67 Å². The summed E-state index contributed by atoms with van der Waals surface area (Å²) in [6.07, 6.45) is 5.34. The first kappa shape index (κ1) is 19.4. The van der Waals surface area contributed by atoms with Crippen LogP contribution < -0.4 is 11.3 Å². The number of aromatic nitrogens is 4. The van der Waals surface area contributed by atoms with Crippen LogP contribution in [0.2, 0.25) is 0 Å². The lowest BCUT2D eigenvalue weighted by molar-refractivity contribution is 0.0953. The molecule has 2 aromatic heterocycles. The van der Waals surface area contributed by atoms with E-state index in [1.54, 1.807) is 30.7 Å². The Kier molecular flexibility index (Phi) is 5.81. The monoisotopic (exact) mass is 375 g/mol. The van der Waals surface area contributed by atoms with Crippen molar-refractivity contribution in [2.75, 3.05) is 19.6 Å². The molecule has 9 heteroatoms. The zero-order valence-corrected chi connectivity index (χ0v) is 15.7. The number of hydrazine groups is 1. The largest absolute Gasteiger partial charge is 0.300 e. The van der Waals surface area contributed by atoms with Crippen LogP contribution in [0.5, 0.6) is 0 Å². The average molecular weight is 375 g/mol. The standard InChI is InChI=1S/C18H26FN7O/c1-18(2,19)12-25-7-5-13(6-8-25)16-11-26(24-23-16)10-15-4-3-14(9-21-15)17(27)22-20/h3-4,9,11,13H,5-8,10,12,20H2,1-2H3,(H,22,27). The smallest absolute Gasteiger partial charge is 0.266 e. The van der Waals surface area contributed by atoms with Crippen molar-refractivity contribution in [3.63, 3.8) is 0 Å². The number of carbonyl (C=O) groups excluding carboxylic acids is 1. The fraction of sp³-hybridized carbons (Fsp3) is 0.556. The van der Waals surface area contributed by atoms with Gasteiger partial charge in [0.15, 0.2) is 0 Å². The lowest BCUT2D eigenvalue weighted by Gasteiger charge is -2.33. The number of nitrogens with one attached hydrogen (secondary N) is 1. The number of hydrogen-bond acceptors (Lipinski definition) is 6. The SMILES string of the molecule is CC(C)(F)CN1CCC(c2cn(Cc3ccc(C(=O)NN)cn3)nn2)CC1. The molecule has 0 saturated carbocycles. The van der Waals surface area contributed by atoms with Crippen molar-refractivity contribution < 1.29 is 9.18 Å². The van der Waals surface area contributed by atoms with E-state index in [2.05, 4.69) is 25.6 Å². The summed E-state index contributed by atoms with van der Waals surface area (Å²) in [7, 11) is 0. The Labute approximate surface area is 157 Å². The summed E-state index contributed by atoms with van der Waals surface area (Å²) in [6.45, 7) is 5.93. The van der Waals surface area contributed by atoms with Gasteiger partial charge in [0.25, 0.3) is 5.91 Å². The van der Waals surface area contributed by atoms with E-state index in [4.69, 9.17) is 5.84 Å². The maximum Gasteiger partial charge on any atom is 0.266 e. The number of halogens is 1. The van der Waals surface area contributed by atoms with E-state index >= 15 is 0 Å². The van der Waals surface area contributed by atoms with Gasteiger partial charge in [-0.05, 0) is 51.9 Å². The van der Waals surface area contributed by atoms with E-state index in [-0.39, 0.29) is 5.91 Å². The molecule has 0 spiro atoms. The lowest BCUT2D eigenvalue weighted by Crippen LogP contribution is -2.40. The number of amides is 1. The second kappa shape index (κ2) is 8.10. The summed E-state index contributed by atoms with van der Waals surface area (Å²) in [5.41, 5.74) is 3.06. The quantitative estimate of drug-likeness (QED) is 0.448. The molecule has 0 unspecified atom stereocenters. The van der Waals surface area contributed by atoms with Crippen molar-refractivity contribution in [1.82, 2.24) is 30.3 Å². The van der Waals surface area contributed by atoms with Crippen molar-refractivity contribution >= 4 is 5.91 Å². The van der Waals surface area contributed by atoms with E-state index in [9.17, 15) is 9.18 Å². The minimum Gasteiger partial charge on any atom is -0.300 e. The molecular weight excluding hydrogens is 349 g/mol. The Hall–Kier alpha value is -2.39. The van der Waals surface area contributed by atoms with Gasteiger partial charge < -0.3 is 4.90 Å². The Bertz CT molecular complexity index is 761. The number of nitrogen functional groups attached to an aromatic ring is 1. The Morgan fingerprint density at radius 3 is 2.70 bits per heavy atom. The molecule has 146 valence electrons. The third kappa shape index (κ3) is 5.30. The number of nitrogens with two attached hydrogens (primary N) is 1. The first-order valence-corrected chi connectivity index (χ1v) is 9.11. The Morgan fingerprint density at radius 2 is 2.11 bits per heavy atom. The molecule has 1 aliphatic rings. The molecule has 0 aromatic carbocycles. The highest BCUT2D eigenvalue weighted by atomic mass is 19.1. The van der Waals surface area contributed by atoms with Gasteiger partial charge in [-0.25, -0.2) is 14.9 Å². The molecular formula is C18H26FN7O. The lowest BCUT2D eigenvalue weighted by atomic mass is 9.93. The summed E-state index contributed by atoms with van der Waals surface area (Å²) >= 11 is 0. The van der Waals surface area contributed by atoms with E-state index in [1.165, 1.54) is 6.20 Å². The second-order valence-electron chi connectivity index (χ2n) is 7.62. The number of rotatable bonds is 6. The van der Waals surface area contributed by atoms with Crippen LogP contribution in [-0.2, 0) is 6.54 Å². The van der Waals surface area contributed by atoms with Crippen LogP contribution in [0.15, 0.2) is 24.5 Å². The highest BCUT2D eigenvalue weighted by Gasteiger charge is 2.27. The fourth-order valence-electron chi connectivity index (χ4n) is 3.40. The Morgan fingerprint density at radius 1 is 1.37 bits per heavy atom. The van der Waals surface area contributed by atoms with Gasteiger partial charge in [-0.3, -0.25) is 15.2 Å². The average Bonchev–Trinajstić information content (AvgIpc) is 3.09. The van der Waals surface area contributed by atoms with Crippen LogP contribution in [0.25, 0.3) is 0 Å². The fourth-order valence-corrected chi connectivity index (χ4v) is 3.40. The molecule has 0 aliphatic carbocycles.